The molecule has 2 nitrogen and oxygen atoms in total. The zero-order chi connectivity index (χ0) is 15.0. The minimum absolute atomic E-state index is 0.464. The number of rotatable bonds is 2. The van der Waals surface area contributed by atoms with Crippen molar-refractivity contribution in [3.63, 3.8) is 0 Å². The largest absolute Gasteiger partial charge is 0.486 e. The highest BCUT2D eigenvalue weighted by atomic mass is 79.9. The van der Waals surface area contributed by atoms with Crippen molar-refractivity contribution in [1.82, 2.24) is 0 Å². The van der Waals surface area contributed by atoms with Crippen LogP contribution in [0.4, 0.5) is 8.78 Å². The molecule has 1 unspecified atom stereocenters. The lowest BCUT2D eigenvalue weighted by atomic mass is 10.0. The Morgan fingerprint density at radius 1 is 1.00 bits per heavy atom. The molecule has 0 N–H and O–H groups in total. The fraction of sp³-hybridized carbons (Fsp3) is 0.200. The second-order valence-corrected chi connectivity index (χ2v) is 5.84. The third kappa shape index (κ3) is 2.85. The highest BCUT2D eigenvalue weighted by Gasteiger charge is 2.21. The standard InChI is InChI=1S/C15H10BrClF2O2/c16-10-7-14-13(20-3-4-21-14)6-9(10)15(17)8-1-2-11(18)12(19)5-8/h1-2,5-7,15H,3-4H2. The average Bonchev–Trinajstić information content (AvgIpc) is 2.48. The van der Waals surface area contributed by atoms with E-state index in [-0.39, 0.29) is 0 Å². The van der Waals surface area contributed by atoms with Crippen LogP contribution in [0.2, 0.25) is 0 Å². The van der Waals surface area contributed by atoms with Crippen LogP contribution in [0.3, 0.4) is 0 Å². The van der Waals surface area contributed by atoms with Gasteiger partial charge < -0.3 is 9.47 Å². The summed E-state index contributed by atoms with van der Waals surface area (Å²) in [5, 5.41) is -0.634. The van der Waals surface area contributed by atoms with Crippen molar-refractivity contribution in [2.24, 2.45) is 0 Å². The predicted molar refractivity (Wildman–Crippen MR) is 79.2 cm³/mol. The summed E-state index contributed by atoms with van der Waals surface area (Å²) in [6.07, 6.45) is 0. The molecule has 6 heteroatoms. The van der Waals surface area contributed by atoms with Crippen molar-refractivity contribution in [2.45, 2.75) is 5.38 Å². The van der Waals surface area contributed by atoms with Gasteiger partial charge in [0.15, 0.2) is 23.1 Å². The van der Waals surface area contributed by atoms with Crippen LogP contribution in [0.5, 0.6) is 11.5 Å². The molecule has 0 bridgehead atoms. The maximum Gasteiger partial charge on any atom is 0.162 e. The first-order valence-corrected chi connectivity index (χ1v) is 7.47. The van der Waals surface area contributed by atoms with Gasteiger partial charge in [-0.3, -0.25) is 0 Å². The molecule has 0 saturated heterocycles. The Labute approximate surface area is 133 Å². The third-order valence-corrected chi connectivity index (χ3v) is 4.34. The number of halogens is 4. The minimum atomic E-state index is -0.924. The molecule has 3 rings (SSSR count). The fourth-order valence-electron chi connectivity index (χ4n) is 2.12. The molecule has 0 fully saturated rings. The monoisotopic (exact) mass is 374 g/mol. The molecule has 0 saturated carbocycles. The first kappa shape index (κ1) is 14.6. The van der Waals surface area contributed by atoms with E-state index in [9.17, 15) is 8.78 Å². The van der Waals surface area contributed by atoms with Crippen LogP contribution < -0.4 is 9.47 Å². The van der Waals surface area contributed by atoms with Crippen molar-refractivity contribution < 1.29 is 18.3 Å². The van der Waals surface area contributed by atoms with Crippen LogP contribution >= 0.6 is 27.5 Å². The summed E-state index contributed by atoms with van der Waals surface area (Å²) in [4.78, 5) is 0. The lowest BCUT2D eigenvalue weighted by Crippen LogP contribution is -2.15. The Bertz CT molecular complexity index is 694. The number of hydrogen-bond acceptors (Lipinski definition) is 2. The van der Waals surface area contributed by atoms with E-state index in [1.807, 2.05) is 0 Å². The van der Waals surface area contributed by atoms with Gasteiger partial charge in [0, 0.05) is 4.47 Å². The molecule has 0 aromatic heterocycles. The maximum absolute atomic E-state index is 13.3. The van der Waals surface area contributed by atoms with Gasteiger partial charge in [-0.05, 0) is 35.4 Å². The fourth-order valence-corrected chi connectivity index (χ4v) is 3.12. The Morgan fingerprint density at radius 3 is 2.33 bits per heavy atom. The van der Waals surface area contributed by atoms with E-state index < -0.39 is 17.0 Å². The van der Waals surface area contributed by atoms with Crippen molar-refractivity contribution in [1.29, 1.82) is 0 Å². The van der Waals surface area contributed by atoms with Crippen LogP contribution in [0.1, 0.15) is 16.5 Å². The highest BCUT2D eigenvalue weighted by molar-refractivity contribution is 9.10. The summed E-state index contributed by atoms with van der Waals surface area (Å²) in [7, 11) is 0. The SMILES string of the molecule is Fc1ccc(C(Cl)c2cc3c(cc2Br)OCCO3)cc1F. The van der Waals surface area contributed by atoms with Gasteiger partial charge in [-0.2, -0.15) is 0 Å². The molecule has 2 aromatic rings. The maximum atomic E-state index is 13.3. The lowest BCUT2D eigenvalue weighted by Gasteiger charge is -2.21. The highest BCUT2D eigenvalue weighted by Crippen LogP contribution is 2.41. The second kappa shape index (κ2) is 5.81. The molecule has 1 aliphatic heterocycles. The van der Waals surface area contributed by atoms with E-state index in [2.05, 4.69) is 15.9 Å². The van der Waals surface area contributed by atoms with E-state index in [0.29, 0.717) is 35.8 Å². The normalized spacial score (nSPS) is 14.9. The van der Waals surface area contributed by atoms with Crippen LogP contribution in [-0.4, -0.2) is 13.2 Å². The number of hydrogen-bond donors (Lipinski definition) is 0. The van der Waals surface area contributed by atoms with Gasteiger partial charge in [0.1, 0.15) is 13.2 Å². The first-order valence-electron chi connectivity index (χ1n) is 6.24. The van der Waals surface area contributed by atoms with Gasteiger partial charge in [0.2, 0.25) is 0 Å². The molecule has 21 heavy (non-hydrogen) atoms. The summed E-state index contributed by atoms with van der Waals surface area (Å²) in [6.45, 7) is 0.957. The van der Waals surface area contributed by atoms with Gasteiger partial charge in [0.05, 0.1) is 5.38 Å². The molecule has 0 radical (unpaired) electrons. The Hall–Kier alpha value is -1.33. The minimum Gasteiger partial charge on any atom is -0.486 e. The average molecular weight is 376 g/mol. The molecular formula is C15H10BrClF2O2. The van der Waals surface area contributed by atoms with E-state index in [1.165, 1.54) is 6.07 Å². The number of ether oxygens (including phenoxy) is 2. The zero-order valence-electron chi connectivity index (χ0n) is 10.7. The van der Waals surface area contributed by atoms with Crippen LogP contribution in [-0.2, 0) is 0 Å². The third-order valence-electron chi connectivity index (χ3n) is 3.17. The van der Waals surface area contributed by atoms with Gasteiger partial charge in [-0.15, -0.1) is 11.6 Å². The van der Waals surface area contributed by atoms with Gasteiger partial charge >= 0.3 is 0 Å². The molecule has 0 spiro atoms. The van der Waals surface area contributed by atoms with Crippen molar-refractivity contribution in [3.8, 4) is 11.5 Å². The smallest absolute Gasteiger partial charge is 0.162 e. The first-order chi connectivity index (χ1) is 10.1. The molecule has 110 valence electrons. The summed E-state index contributed by atoms with van der Waals surface area (Å²) < 4.78 is 38.0. The summed E-state index contributed by atoms with van der Waals surface area (Å²) in [6, 6.07) is 7.12. The lowest BCUT2D eigenvalue weighted by molar-refractivity contribution is 0.171. The van der Waals surface area contributed by atoms with Crippen molar-refractivity contribution in [2.75, 3.05) is 13.2 Å². The molecule has 1 atom stereocenters. The van der Waals surface area contributed by atoms with E-state index in [1.54, 1.807) is 12.1 Å². The number of alkyl halides is 1. The summed E-state index contributed by atoms with van der Waals surface area (Å²) in [5.74, 6) is -0.602. The van der Waals surface area contributed by atoms with E-state index >= 15 is 0 Å². The summed E-state index contributed by atoms with van der Waals surface area (Å²) >= 11 is 9.81. The molecule has 0 aliphatic carbocycles. The molecular weight excluding hydrogens is 366 g/mol. The van der Waals surface area contributed by atoms with Gasteiger partial charge in [-0.1, -0.05) is 22.0 Å². The zero-order valence-corrected chi connectivity index (χ0v) is 13.0. The molecule has 1 heterocycles. The molecule has 2 aromatic carbocycles. The van der Waals surface area contributed by atoms with Crippen LogP contribution in [0.25, 0.3) is 0 Å². The number of fused-ring (bicyclic) bond motifs is 1. The molecule has 1 aliphatic rings. The number of benzene rings is 2. The summed E-state index contributed by atoms with van der Waals surface area (Å²) in [5.41, 5.74) is 1.17. The van der Waals surface area contributed by atoms with Crippen molar-refractivity contribution >= 4 is 27.5 Å². The van der Waals surface area contributed by atoms with Gasteiger partial charge in [-0.25, -0.2) is 8.78 Å². The predicted octanol–water partition coefficient (Wildman–Crippen LogP) is 4.83. The second-order valence-electron chi connectivity index (χ2n) is 4.55. The Kier molecular flexibility index (Phi) is 4.04. The van der Waals surface area contributed by atoms with E-state index in [4.69, 9.17) is 21.1 Å². The Morgan fingerprint density at radius 2 is 1.67 bits per heavy atom. The Balaban J connectivity index is 2.00. The topological polar surface area (TPSA) is 18.5 Å². The van der Waals surface area contributed by atoms with Gasteiger partial charge in [0.25, 0.3) is 0 Å². The molecule has 0 amide bonds. The van der Waals surface area contributed by atoms with Crippen LogP contribution in [0.15, 0.2) is 34.8 Å². The van der Waals surface area contributed by atoms with Crippen molar-refractivity contribution in [3.05, 3.63) is 57.6 Å². The van der Waals surface area contributed by atoms with Crippen LogP contribution in [0, 0.1) is 11.6 Å². The quantitative estimate of drug-likeness (QED) is 0.700. The van der Waals surface area contributed by atoms with E-state index in [0.717, 1.165) is 16.6 Å².